The third kappa shape index (κ3) is 3.49. The highest BCUT2D eigenvalue weighted by atomic mass is 35.5. The Kier molecular flexibility index (Phi) is 4.79. The molecule has 0 atom stereocenters. The third-order valence-electron chi connectivity index (χ3n) is 3.26. The highest BCUT2D eigenvalue weighted by molar-refractivity contribution is 6.33. The summed E-state index contributed by atoms with van der Waals surface area (Å²) < 4.78 is 1.21. The Balaban J connectivity index is 2.16. The molecular weight excluding hydrogens is 342 g/mol. The van der Waals surface area contributed by atoms with Crippen molar-refractivity contribution in [3.63, 3.8) is 0 Å². The highest BCUT2D eigenvalue weighted by Crippen LogP contribution is 2.27. The number of anilines is 1. The van der Waals surface area contributed by atoms with Crippen molar-refractivity contribution in [1.29, 1.82) is 0 Å². The van der Waals surface area contributed by atoms with E-state index in [1.54, 1.807) is 0 Å². The number of non-ortho nitro benzene ring substituents is 1. The van der Waals surface area contributed by atoms with Crippen LogP contribution in [0.1, 0.15) is 11.4 Å². The van der Waals surface area contributed by atoms with Gasteiger partial charge in [-0.25, -0.2) is 0 Å². The predicted molar refractivity (Wildman–Crippen MR) is 85.1 cm³/mol. The van der Waals surface area contributed by atoms with Gasteiger partial charge in [-0.3, -0.25) is 29.7 Å². The van der Waals surface area contributed by atoms with Crippen LogP contribution in [0.25, 0.3) is 0 Å². The summed E-state index contributed by atoms with van der Waals surface area (Å²) in [5.41, 5.74) is 0.313. The number of hydrogen-bond donors (Lipinski definition) is 1. The third-order valence-corrected chi connectivity index (χ3v) is 3.57. The van der Waals surface area contributed by atoms with Gasteiger partial charge >= 0.3 is 5.69 Å². The van der Waals surface area contributed by atoms with Crippen LogP contribution in [0.2, 0.25) is 5.02 Å². The lowest BCUT2D eigenvalue weighted by Crippen LogP contribution is -2.20. The lowest BCUT2D eigenvalue weighted by Gasteiger charge is -2.08. The molecule has 0 radical (unpaired) electrons. The number of aryl methyl sites for hydroxylation is 1. The second-order valence-electron chi connectivity index (χ2n) is 4.90. The second kappa shape index (κ2) is 6.62. The van der Waals surface area contributed by atoms with Crippen LogP contribution < -0.4 is 5.32 Å². The minimum atomic E-state index is -0.605. The first-order chi connectivity index (χ1) is 11.2. The number of carbonyl (C=O) groups excluding carboxylic acids is 1. The molecule has 0 spiro atoms. The zero-order valence-corrected chi connectivity index (χ0v) is 13.4. The van der Waals surface area contributed by atoms with Gasteiger partial charge < -0.3 is 5.32 Å². The van der Waals surface area contributed by atoms with E-state index in [4.69, 9.17) is 11.6 Å². The minimum Gasteiger partial charge on any atom is -0.323 e. The summed E-state index contributed by atoms with van der Waals surface area (Å²) in [7, 11) is 0. The van der Waals surface area contributed by atoms with Crippen molar-refractivity contribution in [2.24, 2.45) is 0 Å². The molecule has 1 amide bonds. The zero-order chi connectivity index (χ0) is 18.0. The number of aromatic nitrogens is 2. The van der Waals surface area contributed by atoms with E-state index in [1.807, 2.05) is 0 Å². The van der Waals surface area contributed by atoms with E-state index >= 15 is 0 Å². The van der Waals surface area contributed by atoms with Gasteiger partial charge in [0.05, 0.1) is 20.6 Å². The summed E-state index contributed by atoms with van der Waals surface area (Å²) in [6.07, 6.45) is 0. The van der Waals surface area contributed by atoms with Crippen LogP contribution in [-0.2, 0) is 11.3 Å². The lowest BCUT2D eigenvalue weighted by atomic mass is 10.3. The number of hydrogen-bond acceptors (Lipinski definition) is 6. The fourth-order valence-electron chi connectivity index (χ4n) is 2.15. The number of nitrogens with zero attached hydrogens (tertiary/aromatic N) is 4. The summed E-state index contributed by atoms with van der Waals surface area (Å²) in [6, 6.07) is 3.63. The standard InChI is InChI=1S/C13H12ClN5O5/c1-7-13(19(23)24)8(2)17(16-7)6-12(20)15-11-4-3-9(18(21)22)5-10(11)14/h3-5H,6H2,1-2H3,(H,15,20). The maximum absolute atomic E-state index is 12.1. The normalized spacial score (nSPS) is 10.5. The van der Waals surface area contributed by atoms with Crippen molar-refractivity contribution >= 4 is 34.6 Å². The molecule has 0 aliphatic rings. The largest absolute Gasteiger partial charge is 0.323 e. The summed E-state index contributed by atoms with van der Waals surface area (Å²) in [5, 5.41) is 28.1. The molecule has 0 unspecified atom stereocenters. The van der Waals surface area contributed by atoms with Crippen LogP contribution in [0.5, 0.6) is 0 Å². The Morgan fingerprint density at radius 2 is 1.96 bits per heavy atom. The topological polar surface area (TPSA) is 133 Å². The van der Waals surface area contributed by atoms with E-state index in [0.717, 1.165) is 6.07 Å². The molecule has 0 aliphatic heterocycles. The quantitative estimate of drug-likeness (QED) is 0.648. The maximum atomic E-state index is 12.1. The van der Waals surface area contributed by atoms with E-state index in [2.05, 4.69) is 10.4 Å². The fraction of sp³-hybridized carbons (Fsp3) is 0.231. The SMILES string of the molecule is Cc1nn(CC(=O)Nc2ccc([N+](=O)[O-])cc2Cl)c(C)c1[N+](=O)[O-]. The molecule has 2 aromatic rings. The van der Waals surface area contributed by atoms with E-state index in [0.29, 0.717) is 0 Å². The smallest absolute Gasteiger partial charge is 0.312 e. The average Bonchev–Trinajstić information content (AvgIpc) is 2.75. The summed E-state index contributed by atoms with van der Waals surface area (Å²) in [4.78, 5) is 32.5. The van der Waals surface area contributed by atoms with Gasteiger partial charge in [-0.2, -0.15) is 5.10 Å². The fourth-order valence-corrected chi connectivity index (χ4v) is 2.37. The Hall–Kier alpha value is -3.01. The molecule has 0 aliphatic carbocycles. The maximum Gasteiger partial charge on any atom is 0.312 e. The molecule has 1 N–H and O–H groups in total. The molecule has 0 fully saturated rings. The van der Waals surface area contributed by atoms with Crippen LogP contribution >= 0.6 is 11.6 Å². The molecule has 2 rings (SSSR count). The molecule has 1 heterocycles. The molecule has 0 bridgehead atoms. The summed E-state index contributed by atoms with van der Waals surface area (Å²) in [6.45, 7) is 2.71. The summed E-state index contributed by atoms with van der Waals surface area (Å²) >= 11 is 5.89. The molecule has 1 aromatic heterocycles. The number of amides is 1. The number of nitrogens with one attached hydrogen (secondary N) is 1. The second-order valence-corrected chi connectivity index (χ2v) is 5.31. The van der Waals surface area contributed by atoms with Gasteiger partial charge in [0.1, 0.15) is 17.9 Å². The summed E-state index contributed by atoms with van der Waals surface area (Å²) in [5.74, 6) is -0.522. The molecule has 10 nitrogen and oxygen atoms in total. The van der Waals surface area contributed by atoms with E-state index in [9.17, 15) is 25.0 Å². The zero-order valence-electron chi connectivity index (χ0n) is 12.6. The number of benzene rings is 1. The molecule has 0 saturated carbocycles. The molecule has 1 aromatic carbocycles. The van der Waals surface area contributed by atoms with Crippen LogP contribution in [0.15, 0.2) is 18.2 Å². The molecule has 24 heavy (non-hydrogen) atoms. The average molecular weight is 354 g/mol. The number of nitro benzene ring substituents is 1. The van der Waals surface area contributed by atoms with Crippen molar-refractivity contribution in [2.75, 3.05) is 5.32 Å². The van der Waals surface area contributed by atoms with Crippen molar-refractivity contribution < 1.29 is 14.6 Å². The Morgan fingerprint density at radius 1 is 1.29 bits per heavy atom. The molecule has 126 valence electrons. The Morgan fingerprint density at radius 3 is 2.46 bits per heavy atom. The van der Waals surface area contributed by atoms with Crippen molar-refractivity contribution in [1.82, 2.24) is 9.78 Å². The minimum absolute atomic E-state index is 0.0110. The van der Waals surface area contributed by atoms with Crippen LogP contribution in [0, 0.1) is 34.1 Å². The number of nitro groups is 2. The monoisotopic (exact) mass is 353 g/mol. The molecular formula is C13H12ClN5O5. The number of halogens is 1. The number of carbonyl (C=O) groups is 1. The van der Waals surface area contributed by atoms with E-state index in [-0.39, 0.29) is 40.0 Å². The van der Waals surface area contributed by atoms with Gasteiger partial charge in [0, 0.05) is 12.1 Å². The van der Waals surface area contributed by atoms with Crippen molar-refractivity contribution in [3.8, 4) is 0 Å². The van der Waals surface area contributed by atoms with Gasteiger partial charge in [-0.1, -0.05) is 11.6 Å². The van der Waals surface area contributed by atoms with Gasteiger partial charge in [0.15, 0.2) is 0 Å². The first-order valence-corrected chi connectivity index (χ1v) is 7.00. The highest BCUT2D eigenvalue weighted by Gasteiger charge is 2.23. The van der Waals surface area contributed by atoms with Crippen LogP contribution in [-0.4, -0.2) is 25.5 Å². The van der Waals surface area contributed by atoms with Crippen molar-refractivity contribution in [2.45, 2.75) is 20.4 Å². The Bertz CT molecular complexity index is 848. The first-order valence-electron chi connectivity index (χ1n) is 6.63. The van der Waals surface area contributed by atoms with E-state index in [1.165, 1.54) is 30.7 Å². The van der Waals surface area contributed by atoms with Crippen LogP contribution in [0.3, 0.4) is 0 Å². The molecule has 11 heteroatoms. The van der Waals surface area contributed by atoms with Gasteiger partial charge in [0.2, 0.25) is 5.91 Å². The van der Waals surface area contributed by atoms with Crippen LogP contribution in [0.4, 0.5) is 17.1 Å². The van der Waals surface area contributed by atoms with Crippen molar-refractivity contribution in [3.05, 3.63) is 54.8 Å². The lowest BCUT2D eigenvalue weighted by molar-refractivity contribution is -0.386. The first kappa shape index (κ1) is 17.3. The number of rotatable bonds is 5. The van der Waals surface area contributed by atoms with Gasteiger partial charge in [-0.05, 0) is 19.9 Å². The predicted octanol–water partition coefficient (Wildman–Crippen LogP) is 2.61. The van der Waals surface area contributed by atoms with Gasteiger partial charge in [0.25, 0.3) is 5.69 Å². The molecule has 0 saturated heterocycles. The van der Waals surface area contributed by atoms with Gasteiger partial charge in [-0.15, -0.1) is 0 Å². The van der Waals surface area contributed by atoms with E-state index < -0.39 is 15.8 Å². The Labute approximate surface area is 140 Å².